The Hall–Kier alpha value is -4.49. The molecule has 0 bridgehead atoms. The Morgan fingerprint density at radius 1 is 0.972 bits per heavy atom. The average molecular weight is 1010 g/mol. The van der Waals surface area contributed by atoms with E-state index in [1.165, 1.54) is 11.1 Å². The predicted molar refractivity (Wildman–Crippen MR) is 284 cm³/mol. The molecular weight excluding hydrogens is 934 g/mol. The second-order valence-electron chi connectivity index (χ2n) is 20.6. The Kier molecular flexibility index (Phi) is 20.0. The smallest absolute Gasteiger partial charge is 0.306 e. The number of carboxylic acid groups (broad SMARTS) is 1. The van der Waals surface area contributed by atoms with Gasteiger partial charge in [-0.1, -0.05) is 87.8 Å². The van der Waals surface area contributed by atoms with Crippen LogP contribution in [0.25, 0.3) is 11.3 Å². The SMILES string of the molecule is CCc1ccc(CN[C@H](C)ON[C@H](CO[Si](C)(C)C(C)(C)C)ON(C)[C@H](Cc2ccc(Cl)cc2)CN(C)O[C@@H](CC(=O)O)[C@H]2CCc3ccccc32)c(Oc2ccc(-c3cnc(CN(C)C)n3C)cc2)c1. The number of nitrogens with zero attached hydrogens (tertiary/aromatic N) is 5. The summed E-state index contributed by atoms with van der Waals surface area (Å²) in [5.41, 5.74) is 10.9. The van der Waals surface area contributed by atoms with Gasteiger partial charge in [-0.15, -0.1) is 0 Å². The van der Waals surface area contributed by atoms with E-state index in [2.05, 4.69) is 109 Å². The molecule has 1 aliphatic rings. The van der Waals surface area contributed by atoms with E-state index < -0.39 is 32.8 Å². The van der Waals surface area contributed by atoms with Gasteiger partial charge in [0, 0.05) is 56.3 Å². The van der Waals surface area contributed by atoms with Crippen molar-refractivity contribution in [2.45, 2.75) is 128 Å². The van der Waals surface area contributed by atoms with Crippen LogP contribution in [0.2, 0.25) is 23.2 Å². The van der Waals surface area contributed by atoms with Gasteiger partial charge in [0.1, 0.15) is 23.6 Å². The highest BCUT2D eigenvalue weighted by Crippen LogP contribution is 2.39. The summed E-state index contributed by atoms with van der Waals surface area (Å²) in [7, 11) is 7.67. The van der Waals surface area contributed by atoms with Crippen LogP contribution in [0.4, 0.5) is 0 Å². The fraction of sp³-hybridized carbons (Fsp3) is 0.491. The van der Waals surface area contributed by atoms with E-state index in [0.29, 0.717) is 24.5 Å². The molecule has 0 fully saturated rings. The molecule has 0 radical (unpaired) electrons. The van der Waals surface area contributed by atoms with Gasteiger partial charge < -0.3 is 23.7 Å². The normalized spacial score (nSPS) is 15.9. The highest BCUT2D eigenvalue weighted by Gasteiger charge is 2.39. The number of nitrogens with one attached hydrogen (secondary N) is 2. The molecule has 5 atom stereocenters. The Labute approximate surface area is 428 Å². The lowest BCUT2D eigenvalue weighted by Gasteiger charge is -2.39. The quantitative estimate of drug-likeness (QED) is 0.0262. The first-order valence-electron chi connectivity index (χ1n) is 24.8. The molecule has 3 N–H and O–H groups in total. The van der Waals surface area contributed by atoms with Gasteiger partial charge in [-0.3, -0.25) is 24.6 Å². The van der Waals surface area contributed by atoms with Crippen LogP contribution in [0.3, 0.4) is 0 Å². The van der Waals surface area contributed by atoms with Gasteiger partial charge in [0.2, 0.25) is 0 Å². The maximum absolute atomic E-state index is 12.2. The van der Waals surface area contributed by atoms with E-state index in [-0.39, 0.29) is 30.0 Å². The number of aromatic nitrogens is 2. The third kappa shape index (κ3) is 16.0. The number of ether oxygens (including phenoxy) is 1. The fourth-order valence-electron chi connectivity index (χ4n) is 8.55. The summed E-state index contributed by atoms with van der Waals surface area (Å²) >= 11 is 6.31. The summed E-state index contributed by atoms with van der Waals surface area (Å²) in [6, 6.07) is 30.2. The van der Waals surface area contributed by atoms with Crippen molar-refractivity contribution in [3.05, 3.63) is 136 Å². The number of rotatable bonds is 27. The molecule has 16 heteroatoms. The first-order valence-corrected chi connectivity index (χ1v) is 28.1. The average Bonchev–Trinajstić information content (AvgIpc) is 3.92. The van der Waals surface area contributed by atoms with E-state index in [4.69, 9.17) is 35.3 Å². The largest absolute Gasteiger partial charge is 0.481 e. The van der Waals surface area contributed by atoms with Gasteiger partial charge in [0.15, 0.2) is 14.5 Å². The van der Waals surface area contributed by atoms with Crippen molar-refractivity contribution in [1.82, 2.24) is 35.4 Å². The number of carbonyl (C=O) groups is 1. The molecule has 1 aromatic heterocycles. The van der Waals surface area contributed by atoms with Crippen LogP contribution in [0, 0.1) is 0 Å². The molecular formula is C55H78ClN7O7Si. The first-order chi connectivity index (χ1) is 33.7. The maximum atomic E-state index is 12.2. The summed E-state index contributed by atoms with van der Waals surface area (Å²) in [6.45, 7) is 17.0. The number of fused-ring (bicyclic) bond motifs is 1. The second-order valence-corrected chi connectivity index (χ2v) is 25.9. The topological polar surface area (TPSA) is 135 Å². The van der Waals surface area contributed by atoms with Crippen LogP contribution in [0.15, 0.2) is 97.2 Å². The van der Waals surface area contributed by atoms with Crippen LogP contribution in [0.1, 0.15) is 87.0 Å². The summed E-state index contributed by atoms with van der Waals surface area (Å²) in [5.74, 6) is 1.58. The zero-order chi connectivity index (χ0) is 51.5. The second kappa shape index (κ2) is 25.4. The monoisotopic (exact) mass is 1010 g/mol. The van der Waals surface area contributed by atoms with Crippen molar-refractivity contribution in [1.29, 1.82) is 0 Å². The molecule has 71 heavy (non-hydrogen) atoms. The molecule has 0 saturated carbocycles. The molecule has 0 aliphatic heterocycles. The van der Waals surface area contributed by atoms with E-state index in [1.54, 1.807) is 5.06 Å². The summed E-state index contributed by atoms with van der Waals surface area (Å²) in [6.07, 6.45) is 3.28. The van der Waals surface area contributed by atoms with Crippen molar-refractivity contribution in [3.8, 4) is 22.8 Å². The highest BCUT2D eigenvalue weighted by molar-refractivity contribution is 6.74. The first kappa shape index (κ1) is 55.8. The molecule has 1 heterocycles. The molecule has 6 rings (SSSR count). The number of hydroxylamine groups is 5. The Morgan fingerprint density at radius 3 is 2.35 bits per heavy atom. The number of aryl methyl sites for hydroxylation is 2. The molecule has 0 amide bonds. The van der Waals surface area contributed by atoms with E-state index >= 15 is 0 Å². The summed E-state index contributed by atoms with van der Waals surface area (Å²) < 4.78 is 15.4. The molecule has 5 aromatic rings. The maximum Gasteiger partial charge on any atom is 0.306 e. The number of benzene rings is 4. The molecule has 4 aromatic carbocycles. The van der Waals surface area contributed by atoms with Crippen molar-refractivity contribution >= 4 is 25.9 Å². The summed E-state index contributed by atoms with van der Waals surface area (Å²) in [5, 5.41) is 17.7. The lowest BCUT2D eigenvalue weighted by molar-refractivity contribution is -0.270. The fourth-order valence-corrected chi connectivity index (χ4v) is 9.67. The molecule has 0 unspecified atom stereocenters. The van der Waals surface area contributed by atoms with Gasteiger partial charge in [0.25, 0.3) is 0 Å². The van der Waals surface area contributed by atoms with Gasteiger partial charge in [0.05, 0.1) is 43.6 Å². The minimum Gasteiger partial charge on any atom is -0.481 e. The van der Waals surface area contributed by atoms with Gasteiger partial charge >= 0.3 is 5.97 Å². The van der Waals surface area contributed by atoms with E-state index in [1.807, 2.05) is 102 Å². The summed E-state index contributed by atoms with van der Waals surface area (Å²) in [4.78, 5) is 38.6. The number of aliphatic carboxylic acids is 1. The Balaban J connectivity index is 1.14. The number of hydrogen-bond acceptors (Lipinski definition) is 12. The van der Waals surface area contributed by atoms with E-state index in [0.717, 1.165) is 71.1 Å². The molecule has 386 valence electrons. The van der Waals surface area contributed by atoms with Crippen LogP contribution < -0.4 is 15.5 Å². The van der Waals surface area contributed by atoms with Crippen molar-refractivity contribution < 1.29 is 33.6 Å². The molecule has 0 spiro atoms. The molecule has 0 saturated heterocycles. The predicted octanol–water partition coefficient (Wildman–Crippen LogP) is 10.4. The zero-order valence-electron chi connectivity index (χ0n) is 44.0. The van der Waals surface area contributed by atoms with E-state index in [9.17, 15) is 9.90 Å². The zero-order valence-corrected chi connectivity index (χ0v) is 45.8. The number of carboxylic acids is 1. The number of imidazole rings is 1. The van der Waals surface area contributed by atoms with Crippen LogP contribution in [0.5, 0.6) is 11.5 Å². The van der Waals surface area contributed by atoms with Crippen LogP contribution >= 0.6 is 11.6 Å². The minimum absolute atomic E-state index is 0.0324. The lowest BCUT2D eigenvalue weighted by atomic mass is 9.93. The van der Waals surface area contributed by atoms with Gasteiger partial charge in [-0.25, -0.2) is 4.98 Å². The van der Waals surface area contributed by atoms with Crippen LogP contribution in [-0.4, -0.2) is 110 Å². The minimum atomic E-state index is -2.22. The number of likely N-dealkylation sites (N-methyl/N-ethyl adjacent to an activating group) is 2. The van der Waals surface area contributed by atoms with Crippen LogP contribution in [-0.2, 0) is 63.1 Å². The molecule has 1 aliphatic carbocycles. The van der Waals surface area contributed by atoms with Crippen molar-refractivity contribution in [2.24, 2.45) is 7.05 Å². The van der Waals surface area contributed by atoms with Crippen molar-refractivity contribution in [2.75, 3.05) is 41.3 Å². The van der Waals surface area contributed by atoms with Gasteiger partial charge in [-0.2, -0.15) is 15.6 Å². The third-order valence-corrected chi connectivity index (χ3v) is 18.5. The highest BCUT2D eigenvalue weighted by atomic mass is 35.5. The number of hydrogen-bond donors (Lipinski definition) is 3. The van der Waals surface area contributed by atoms with Crippen molar-refractivity contribution in [3.63, 3.8) is 0 Å². The lowest BCUT2D eigenvalue weighted by Crippen LogP contribution is -2.51. The Bertz CT molecular complexity index is 2460. The molecule has 14 nitrogen and oxygen atoms in total. The van der Waals surface area contributed by atoms with Gasteiger partial charge in [-0.05, 0) is 130 Å². The standard InChI is InChI=1S/C55H78ClN7O7Si/c1-13-39-18-21-43(50(31-39)67-46-27-22-42(23-28-46)49-34-58-52(62(49)9)36-60(6)7)33-57-38(2)68-59-53(37-66-71(11,12)55(3,4)5)70-63(10)45(30-40-19-25-44(56)26-20-40)35-61(8)69-51(32-54(64)65)48-29-24-41-16-14-15-17-47(41)48/h14-23,25-28,31,34,38,45,48,51,53,57,59H,13,24,29-30,32-33,35-37H2,1-12H3,(H,64,65)/t38-,45+,48-,51-,53-/m0/s1. The number of halogens is 1. The third-order valence-electron chi connectivity index (χ3n) is 13.8. The Morgan fingerprint density at radius 2 is 1.68 bits per heavy atom.